The van der Waals surface area contributed by atoms with Crippen LogP contribution >= 0.6 is 0 Å². The van der Waals surface area contributed by atoms with Crippen molar-refractivity contribution in [2.45, 2.75) is 78.1 Å². The molecule has 20 heavy (non-hydrogen) atoms. The first-order chi connectivity index (χ1) is 9.76. The van der Waals surface area contributed by atoms with Crippen molar-refractivity contribution in [3.05, 3.63) is 0 Å². The molecular weight excluding hydrogens is 248 g/mol. The van der Waals surface area contributed by atoms with Crippen molar-refractivity contribution in [1.82, 2.24) is 10.2 Å². The van der Waals surface area contributed by atoms with Gasteiger partial charge >= 0.3 is 0 Å². The molecule has 0 aromatic heterocycles. The van der Waals surface area contributed by atoms with Gasteiger partial charge in [0, 0.05) is 19.5 Å². The Morgan fingerprint density at radius 1 is 0.850 bits per heavy atom. The van der Waals surface area contributed by atoms with E-state index in [1.54, 1.807) is 0 Å². The van der Waals surface area contributed by atoms with Gasteiger partial charge in [-0.3, -0.25) is 4.79 Å². The molecule has 3 heteroatoms. The molecular formula is C17H36N2O. The summed E-state index contributed by atoms with van der Waals surface area (Å²) in [6, 6.07) is 0. The van der Waals surface area contributed by atoms with Gasteiger partial charge in [0.2, 0.25) is 5.91 Å². The van der Waals surface area contributed by atoms with Crippen LogP contribution in [0.2, 0.25) is 0 Å². The quantitative estimate of drug-likeness (QED) is 0.489. The van der Waals surface area contributed by atoms with E-state index < -0.39 is 0 Å². The second-order valence-electron chi connectivity index (χ2n) is 5.71. The number of carbonyl (C=O) groups is 1. The first-order valence-corrected chi connectivity index (χ1v) is 8.68. The molecule has 0 unspecified atom stereocenters. The predicted octanol–water partition coefficient (Wildman–Crippen LogP) is 3.98. The molecule has 0 radical (unpaired) electrons. The summed E-state index contributed by atoms with van der Waals surface area (Å²) in [5, 5.41) is 3.11. The monoisotopic (exact) mass is 284 g/mol. The van der Waals surface area contributed by atoms with Crippen molar-refractivity contribution in [2.75, 3.05) is 26.7 Å². The maximum absolute atomic E-state index is 12.2. The van der Waals surface area contributed by atoms with E-state index in [9.17, 15) is 4.79 Å². The van der Waals surface area contributed by atoms with Crippen molar-refractivity contribution in [1.29, 1.82) is 0 Å². The molecule has 1 N–H and O–H groups in total. The van der Waals surface area contributed by atoms with Gasteiger partial charge in [-0.05, 0) is 32.9 Å². The fraction of sp³-hybridized carbons (Fsp3) is 0.941. The molecule has 0 aliphatic rings. The standard InChI is InChI=1S/C17H36N2O/c1-4-6-8-10-15-19(16-11-9-7-5-2)17(20)13-12-14-18-3/h18H,4-16H2,1-3H3. The number of carbonyl (C=O) groups excluding carboxylic acids is 1. The lowest BCUT2D eigenvalue weighted by molar-refractivity contribution is -0.131. The van der Waals surface area contributed by atoms with E-state index in [-0.39, 0.29) is 0 Å². The molecule has 0 fully saturated rings. The van der Waals surface area contributed by atoms with Crippen LogP contribution in [-0.4, -0.2) is 37.5 Å². The summed E-state index contributed by atoms with van der Waals surface area (Å²) in [7, 11) is 1.94. The van der Waals surface area contributed by atoms with Crippen molar-refractivity contribution in [2.24, 2.45) is 0 Å². The van der Waals surface area contributed by atoms with Gasteiger partial charge in [0.1, 0.15) is 0 Å². The van der Waals surface area contributed by atoms with E-state index in [1.807, 2.05) is 7.05 Å². The molecule has 0 saturated carbocycles. The fourth-order valence-corrected chi connectivity index (χ4v) is 2.39. The minimum Gasteiger partial charge on any atom is -0.343 e. The maximum Gasteiger partial charge on any atom is 0.222 e. The van der Waals surface area contributed by atoms with E-state index in [4.69, 9.17) is 0 Å². The van der Waals surface area contributed by atoms with Crippen LogP contribution in [0.15, 0.2) is 0 Å². The second kappa shape index (κ2) is 14.8. The molecule has 0 atom stereocenters. The zero-order valence-corrected chi connectivity index (χ0v) is 14.0. The lowest BCUT2D eigenvalue weighted by atomic mass is 10.1. The summed E-state index contributed by atoms with van der Waals surface area (Å²) in [5.74, 6) is 0.355. The summed E-state index contributed by atoms with van der Waals surface area (Å²) in [5.41, 5.74) is 0. The number of amides is 1. The van der Waals surface area contributed by atoms with Crippen LogP contribution in [0.5, 0.6) is 0 Å². The van der Waals surface area contributed by atoms with Crippen LogP contribution in [0, 0.1) is 0 Å². The number of rotatable bonds is 14. The third kappa shape index (κ3) is 11.3. The zero-order chi connectivity index (χ0) is 15.1. The number of nitrogens with zero attached hydrogens (tertiary/aromatic N) is 1. The van der Waals surface area contributed by atoms with E-state index in [1.165, 1.54) is 51.4 Å². The molecule has 1 amide bonds. The predicted molar refractivity (Wildman–Crippen MR) is 88.0 cm³/mol. The first kappa shape index (κ1) is 19.4. The molecule has 0 aliphatic heterocycles. The van der Waals surface area contributed by atoms with Crippen molar-refractivity contribution in [3.8, 4) is 0 Å². The van der Waals surface area contributed by atoms with E-state index in [0.717, 1.165) is 26.1 Å². The van der Waals surface area contributed by atoms with Crippen LogP contribution < -0.4 is 5.32 Å². The van der Waals surface area contributed by atoms with Gasteiger partial charge in [-0.15, -0.1) is 0 Å². The normalized spacial score (nSPS) is 10.8. The Kier molecular flexibility index (Phi) is 14.4. The summed E-state index contributed by atoms with van der Waals surface area (Å²) in [6.07, 6.45) is 11.6. The number of nitrogens with one attached hydrogen (secondary N) is 1. The Bertz CT molecular complexity index is 207. The third-order valence-electron chi connectivity index (χ3n) is 3.73. The van der Waals surface area contributed by atoms with Crippen molar-refractivity contribution < 1.29 is 4.79 Å². The highest BCUT2D eigenvalue weighted by atomic mass is 16.2. The molecule has 0 aromatic rings. The summed E-state index contributed by atoms with van der Waals surface area (Å²) in [6.45, 7) is 7.32. The number of hydrogen-bond acceptors (Lipinski definition) is 2. The molecule has 0 spiro atoms. The van der Waals surface area contributed by atoms with Gasteiger partial charge in [0.15, 0.2) is 0 Å². The Morgan fingerprint density at radius 2 is 1.40 bits per heavy atom. The smallest absolute Gasteiger partial charge is 0.222 e. The van der Waals surface area contributed by atoms with Gasteiger partial charge < -0.3 is 10.2 Å². The molecule has 0 aliphatic carbocycles. The average molecular weight is 284 g/mol. The van der Waals surface area contributed by atoms with Crippen LogP contribution in [0.3, 0.4) is 0 Å². The summed E-state index contributed by atoms with van der Waals surface area (Å²) < 4.78 is 0. The van der Waals surface area contributed by atoms with E-state index in [0.29, 0.717) is 12.3 Å². The van der Waals surface area contributed by atoms with E-state index >= 15 is 0 Å². The minimum atomic E-state index is 0.355. The maximum atomic E-state index is 12.2. The summed E-state index contributed by atoms with van der Waals surface area (Å²) >= 11 is 0. The zero-order valence-electron chi connectivity index (χ0n) is 14.0. The van der Waals surface area contributed by atoms with Crippen LogP contribution in [-0.2, 0) is 4.79 Å². The van der Waals surface area contributed by atoms with Crippen LogP contribution in [0.4, 0.5) is 0 Å². The fourth-order valence-electron chi connectivity index (χ4n) is 2.39. The SMILES string of the molecule is CCCCCCN(CCCCCC)C(=O)CCCNC. The van der Waals surface area contributed by atoms with E-state index in [2.05, 4.69) is 24.1 Å². The topological polar surface area (TPSA) is 32.3 Å². The molecule has 0 heterocycles. The van der Waals surface area contributed by atoms with Gasteiger partial charge in [-0.25, -0.2) is 0 Å². The van der Waals surface area contributed by atoms with Crippen molar-refractivity contribution in [3.63, 3.8) is 0 Å². The molecule has 0 rings (SSSR count). The number of hydrogen-bond donors (Lipinski definition) is 1. The van der Waals surface area contributed by atoms with Gasteiger partial charge in [0.25, 0.3) is 0 Å². The minimum absolute atomic E-state index is 0.355. The van der Waals surface area contributed by atoms with Gasteiger partial charge in [-0.2, -0.15) is 0 Å². The largest absolute Gasteiger partial charge is 0.343 e. The highest BCUT2D eigenvalue weighted by Gasteiger charge is 2.12. The Morgan fingerprint density at radius 3 is 1.85 bits per heavy atom. The Balaban J connectivity index is 3.98. The van der Waals surface area contributed by atoms with Gasteiger partial charge in [0.05, 0.1) is 0 Å². The highest BCUT2D eigenvalue weighted by molar-refractivity contribution is 5.76. The molecule has 3 nitrogen and oxygen atoms in total. The molecule has 0 bridgehead atoms. The van der Waals surface area contributed by atoms with Crippen molar-refractivity contribution >= 4 is 5.91 Å². The van der Waals surface area contributed by atoms with Gasteiger partial charge in [-0.1, -0.05) is 52.4 Å². The third-order valence-corrected chi connectivity index (χ3v) is 3.73. The Hall–Kier alpha value is -0.570. The number of unbranched alkanes of at least 4 members (excludes halogenated alkanes) is 6. The summed E-state index contributed by atoms with van der Waals surface area (Å²) in [4.78, 5) is 14.4. The molecule has 0 saturated heterocycles. The average Bonchev–Trinajstić information content (AvgIpc) is 2.45. The molecule has 120 valence electrons. The van der Waals surface area contributed by atoms with Crippen LogP contribution in [0.1, 0.15) is 78.1 Å². The van der Waals surface area contributed by atoms with Crippen LogP contribution in [0.25, 0.3) is 0 Å². The molecule has 0 aromatic carbocycles. The lowest BCUT2D eigenvalue weighted by Crippen LogP contribution is -2.33. The lowest BCUT2D eigenvalue weighted by Gasteiger charge is -2.23. The second-order valence-corrected chi connectivity index (χ2v) is 5.71. The highest BCUT2D eigenvalue weighted by Crippen LogP contribution is 2.07. The Labute approximate surface area is 126 Å². The first-order valence-electron chi connectivity index (χ1n) is 8.68.